The number of halogens is 4. The minimum atomic E-state index is 0. The minimum absolute atomic E-state index is 0. The van der Waals surface area contributed by atoms with Gasteiger partial charge in [-0.05, 0) is 20.1 Å². The Balaban J connectivity index is 0.000000224. The molecule has 38 heavy (non-hydrogen) atoms. The molecule has 196 valence electrons. The van der Waals surface area contributed by atoms with Gasteiger partial charge in [0, 0.05) is 0 Å². The van der Waals surface area contributed by atoms with Gasteiger partial charge in [-0.3, -0.25) is 0 Å². The van der Waals surface area contributed by atoms with Crippen molar-refractivity contribution < 1.29 is 48.1 Å². The number of rotatable bonds is 2. The summed E-state index contributed by atoms with van der Waals surface area (Å²) in [4.78, 5) is 2.55. The van der Waals surface area contributed by atoms with Gasteiger partial charge in [-0.15, -0.1) is 33.3 Å². The summed E-state index contributed by atoms with van der Waals surface area (Å²) in [7, 11) is 0. The SMILES string of the molecule is CC1=CC2=C(Br)C(c3ccccc3)SC2=[C-]1.CC1=CC2=C(Br)C(c3ccccc3)SC2=[C-]1.C[Si](C)=[Zr+2].[Cl-].[Cl-]. The van der Waals surface area contributed by atoms with E-state index in [1.807, 2.05) is 23.5 Å². The van der Waals surface area contributed by atoms with Gasteiger partial charge in [-0.25, -0.2) is 12.2 Å². The predicted octanol–water partition coefficient (Wildman–Crippen LogP) is 4.33. The summed E-state index contributed by atoms with van der Waals surface area (Å²) in [5, 5.41) is 0.811. The Labute approximate surface area is 280 Å². The van der Waals surface area contributed by atoms with Gasteiger partial charge in [-0.1, -0.05) is 106 Å². The summed E-state index contributed by atoms with van der Waals surface area (Å²) in [6, 6.07) is 21.2. The summed E-state index contributed by atoms with van der Waals surface area (Å²) in [5.74, 6) is 0. The van der Waals surface area contributed by atoms with Crippen LogP contribution in [-0.4, -0.2) is 5.43 Å². The molecule has 2 aromatic rings. The van der Waals surface area contributed by atoms with Crippen molar-refractivity contribution in [2.24, 2.45) is 0 Å². The van der Waals surface area contributed by atoms with Gasteiger partial charge in [0.25, 0.3) is 0 Å². The fourth-order valence-electron chi connectivity index (χ4n) is 3.98. The van der Waals surface area contributed by atoms with Crippen LogP contribution >= 0.6 is 55.4 Å². The number of hydrogen-bond donors (Lipinski definition) is 0. The average Bonchev–Trinajstić information content (AvgIpc) is 3.57. The van der Waals surface area contributed by atoms with Crippen LogP contribution in [0.4, 0.5) is 0 Å². The maximum atomic E-state index is 3.73. The quantitative estimate of drug-likeness (QED) is 0.328. The van der Waals surface area contributed by atoms with Gasteiger partial charge in [0.1, 0.15) is 0 Å². The first-order valence-electron chi connectivity index (χ1n) is 11.6. The second-order valence-electron chi connectivity index (χ2n) is 8.90. The zero-order valence-corrected chi connectivity index (χ0v) is 31.2. The summed E-state index contributed by atoms with van der Waals surface area (Å²) in [6.07, 6.45) is 11.2. The van der Waals surface area contributed by atoms with E-state index in [-0.39, 0.29) is 30.2 Å². The maximum Gasteiger partial charge on any atom is -1.00 e. The topological polar surface area (TPSA) is 0 Å². The van der Waals surface area contributed by atoms with Crippen LogP contribution in [0, 0.1) is 12.2 Å². The first-order valence-corrected chi connectivity index (χ1v) is 21.2. The Morgan fingerprint density at radius 1 is 0.684 bits per heavy atom. The van der Waals surface area contributed by atoms with Crippen LogP contribution in [0.3, 0.4) is 0 Å². The second kappa shape index (κ2) is 16.0. The van der Waals surface area contributed by atoms with Crippen LogP contribution in [0.25, 0.3) is 0 Å². The van der Waals surface area contributed by atoms with Gasteiger partial charge in [0.15, 0.2) is 0 Å². The molecule has 0 bridgehead atoms. The molecule has 4 aliphatic rings. The van der Waals surface area contributed by atoms with E-state index in [4.69, 9.17) is 0 Å². The molecule has 0 spiro atoms. The van der Waals surface area contributed by atoms with E-state index >= 15 is 0 Å². The van der Waals surface area contributed by atoms with Crippen LogP contribution in [0.5, 0.6) is 0 Å². The Morgan fingerprint density at radius 3 is 1.29 bits per heavy atom. The van der Waals surface area contributed by atoms with E-state index in [1.54, 1.807) is 23.3 Å². The molecule has 2 unspecified atom stereocenters. The van der Waals surface area contributed by atoms with Crippen molar-refractivity contribution in [3.05, 3.63) is 137 Å². The number of hydrogen-bond acceptors (Lipinski definition) is 2. The van der Waals surface area contributed by atoms with E-state index in [0.29, 0.717) is 10.5 Å². The first-order chi connectivity index (χ1) is 17.2. The smallest absolute Gasteiger partial charge is 1.00 e. The van der Waals surface area contributed by atoms with E-state index in [0.717, 1.165) is 0 Å². The fourth-order valence-corrected chi connectivity index (χ4v) is 8.50. The van der Waals surface area contributed by atoms with Gasteiger partial charge in [0.05, 0.1) is 10.5 Å². The van der Waals surface area contributed by atoms with Crippen molar-refractivity contribution in [1.29, 1.82) is 0 Å². The first kappa shape index (κ1) is 34.4. The van der Waals surface area contributed by atoms with E-state index in [9.17, 15) is 0 Å². The molecule has 0 saturated carbocycles. The largest absolute Gasteiger partial charge is 1.00 e. The van der Waals surface area contributed by atoms with Crippen LogP contribution in [-0.2, 0) is 23.3 Å². The zero-order chi connectivity index (χ0) is 25.8. The third-order valence-corrected chi connectivity index (χ3v) is 10.5. The number of benzene rings is 2. The molecule has 0 aromatic heterocycles. The summed E-state index contributed by atoms with van der Waals surface area (Å²) >= 11 is 13.0. The third-order valence-electron chi connectivity index (χ3n) is 5.48. The zero-order valence-electron chi connectivity index (χ0n) is 21.4. The molecule has 0 amide bonds. The number of thioether (sulfide) groups is 2. The monoisotopic (exact) mass is 796 g/mol. The van der Waals surface area contributed by atoms with Crippen LogP contribution in [0.2, 0.25) is 13.1 Å². The Hall–Kier alpha value is 0.220. The molecule has 2 aromatic carbocycles. The van der Waals surface area contributed by atoms with Crippen LogP contribution in [0.1, 0.15) is 35.5 Å². The third kappa shape index (κ3) is 8.61. The Morgan fingerprint density at radius 2 is 1.00 bits per heavy atom. The molecule has 0 saturated heterocycles. The second-order valence-corrected chi connectivity index (χ2v) is 22.2. The van der Waals surface area contributed by atoms with Crippen molar-refractivity contribution in [3.8, 4) is 0 Å². The molecule has 0 nitrogen and oxygen atoms in total. The maximum absolute atomic E-state index is 3.73. The molecule has 0 radical (unpaired) electrons. The van der Waals surface area contributed by atoms with Gasteiger partial charge in [0.2, 0.25) is 0 Å². The summed E-state index contributed by atoms with van der Waals surface area (Å²) in [5.41, 5.74) is 7.99. The summed E-state index contributed by atoms with van der Waals surface area (Å²) in [6.45, 7) is 8.80. The van der Waals surface area contributed by atoms with Crippen molar-refractivity contribution >= 4 is 60.8 Å². The molecular formula is C30H26Br2Cl2S2SiZr-2. The molecule has 0 fully saturated rings. The van der Waals surface area contributed by atoms with Crippen molar-refractivity contribution in [2.45, 2.75) is 37.4 Å². The van der Waals surface area contributed by atoms with Gasteiger partial charge in [-0.2, -0.15) is 34.4 Å². The average molecular weight is 801 g/mol. The molecule has 2 aliphatic carbocycles. The summed E-state index contributed by atoms with van der Waals surface area (Å²) < 4.78 is 2.56. The Kier molecular flexibility index (Phi) is 14.5. The van der Waals surface area contributed by atoms with E-state index in [1.165, 1.54) is 52.2 Å². The Bertz CT molecular complexity index is 1260. The minimum Gasteiger partial charge on any atom is -1.00 e. The van der Waals surface area contributed by atoms with Crippen molar-refractivity contribution in [1.82, 2.24) is 0 Å². The van der Waals surface area contributed by atoms with Crippen LogP contribution < -0.4 is 24.8 Å². The number of fused-ring (bicyclic) bond motifs is 2. The molecule has 2 atom stereocenters. The van der Waals surface area contributed by atoms with Gasteiger partial charge >= 0.3 is 41.9 Å². The predicted molar refractivity (Wildman–Crippen MR) is 164 cm³/mol. The van der Waals surface area contributed by atoms with Crippen LogP contribution in [0.15, 0.2) is 114 Å². The molecular weight excluding hydrogens is 774 g/mol. The molecule has 6 rings (SSSR count). The fraction of sp³-hybridized carbons (Fsp3) is 0.200. The van der Waals surface area contributed by atoms with Crippen molar-refractivity contribution in [3.63, 3.8) is 0 Å². The van der Waals surface area contributed by atoms with E-state index < -0.39 is 0 Å². The van der Waals surface area contributed by atoms with E-state index in [2.05, 4.69) is 144 Å². The molecule has 2 heterocycles. The number of allylic oxidation sites excluding steroid dienone is 8. The molecule has 0 N–H and O–H groups in total. The van der Waals surface area contributed by atoms with Crippen molar-refractivity contribution in [2.75, 3.05) is 0 Å². The standard InChI is InChI=1S/2C14H10BrS.C2H6Si.2ClH.Zr/c2*1-9-7-11-12(8-9)16-14(13(11)15)10-5-3-2-4-6-10;1-3-2;;;/h2*2-7,14H,1H3;1-2H3;2*1H;/q2*-1;;;;+2/p-2. The normalized spacial score (nSPS) is 20.3. The van der Waals surface area contributed by atoms with Gasteiger partial charge < -0.3 is 24.8 Å². The molecule has 8 heteroatoms. The molecule has 2 aliphatic heterocycles.